The zero-order valence-corrected chi connectivity index (χ0v) is 22.3. The van der Waals surface area contributed by atoms with Crippen molar-refractivity contribution in [1.29, 1.82) is 0 Å². The lowest BCUT2D eigenvalue weighted by Crippen LogP contribution is -2.18. The van der Waals surface area contributed by atoms with E-state index in [0.717, 1.165) is 52.8 Å². The Morgan fingerprint density at radius 1 is 1.17 bits per heavy atom. The van der Waals surface area contributed by atoms with Crippen molar-refractivity contribution in [2.24, 2.45) is 13.0 Å². The van der Waals surface area contributed by atoms with E-state index in [2.05, 4.69) is 27.2 Å². The molecule has 36 heavy (non-hydrogen) atoms. The molecule has 4 aromatic rings. The van der Waals surface area contributed by atoms with Crippen LogP contribution >= 0.6 is 7.49 Å². The zero-order valence-electron chi connectivity index (χ0n) is 21.4. The number of aryl methyl sites for hydroxylation is 2. The predicted molar refractivity (Wildman–Crippen MR) is 146 cm³/mol. The Kier molecular flexibility index (Phi) is 6.30. The summed E-state index contributed by atoms with van der Waals surface area (Å²) in [6, 6.07) is 9.47. The monoisotopic (exact) mass is 506 g/mol. The minimum Gasteiger partial charge on any atom is -0.370 e. The summed E-state index contributed by atoms with van der Waals surface area (Å²) in [6.07, 6.45) is 3.76. The number of carbonyl (C=O) groups excluding carboxylic acids is 1. The number of pyridine rings is 1. The normalized spacial score (nSPS) is 16.9. The van der Waals surface area contributed by atoms with E-state index >= 15 is 0 Å². The second-order valence-corrected chi connectivity index (χ2v) is 13.5. The predicted octanol–water partition coefficient (Wildman–Crippen LogP) is 4.04. The molecular formula is C26H33N7O2P+. The Bertz CT molecular complexity index is 1450. The van der Waals surface area contributed by atoms with E-state index in [9.17, 15) is 9.69 Å². The van der Waals surface area contributed by atoms with Gasteiger partial charge in [0.2, 0.25) is 5.95 Å². The van der Waals surface area contributed by atoms with Crippen LogP contribution in [0, 0.1) is 12.8 Å². The second-order valence-electron chi connectivity index (χ2n) is 10.2. The van der Waals surface area contributed by atoms with Gasteiger partial charge < -0.3 is 9.88 Å². The molecule has 5 rings (SSSR count). The lowest BCUT2D eigenvalue weighted by Gasteiger charge is -2.16. The number of hydrogen-bond acceptors (Lipinski definition) is 6. The minimum absolute atomic E-state index is 0.241. The Morgan fingerprint density at radius 2 is 1.97 bits per heavy atom. The van der Waals surface area contributed by atoms with Crippen LogP contribution in [0.25, 0.3) is 22.3 Å². The molecule has 0 spiro atoms. The molecule has 1 aliphatic rings. The molecule has 0 saturated carbocycles. The van der Waals surface area contributed by atoms with Gasteiger partial charge in [-0.05, 0) is 49.9 Å². The van der Waals surface area contributed by atoms with Crippen molar-refractivity contribution >= 4 is 41.5 Å². The van der Waals surface area contributed by atoms with E-state index in [-0.39, 0.29) is 5.91 Å². The highest BCUT2D eigenvalue weighted by molar-refractivity contribution is 7.76. The number of aromatic nitrogens is 5. The third-order valence-corrected chi connectivity index (χ3v) is 8.22. The van der Waals surface area contributed by atoms with E-state index in [1.165, 1.54) is 0 Å². The highest BCUT2D eigenvalue weighted by Crippen LogP contribution is 2.45. The van der Waals surface area contributed by atoms with Crippen molar-refractivity contribution < 1.29 is 9.69 Å². The largest absolute Gasteiger partial charge is 0.370 e. The van der Waals surface area contributed by atoms with Crippen LogP contribution in [0.15, 0.2) is 36.5 Å². The number of imidazole rings is 1. The number of rotatable bonds is 1. The number of anilines is 2. The van der Waals surface area contributed by atoms with Crippen molar-refractivity contribution in [3.8, 4) is 11.3 Å². The summed E-state index contributed by atoms with van der Waals surface area (Å²) in [5.41, 5.74) is 4.54. The highest BCUT2D eigenvalue weighted by atomic mass is 31.2. The average molecular weight is 507 g/mol. The molecule has 0 radical (unpaired) electrons. The van der Waals surface area contributed by atoms with Gasteiger partial charge in [0.1, 0.15) is 11.1 Å². The van der Waals surface area contributed by atoms with Crippen LogP contribution in [0.4, 0.5) is 11.8 Å². The summed E-state index contributed by atoms with van der Waals surface area (Å²) in [7, 11) is -0.293. The van der Waals surface area contributed by atoms with Crippen molar-refractivity contribution in [3.63, 3.8) is 0 Å². The molecule has 10 heteroatoms. The SMILES string of the molecule is Cc1cc2cc(n1)-c1cnn(C)c1NCCCC(C)Cn1c(nc3ccc([P+](C)(C)O)cc31)NC2=O. The first-order chi connectivity index (χ1) is 17.1. The van der Waals surface area contributed by atoms with E-state index in [0.29, 0.717) is 29.7 Å². The molecule has 9 nitrogen and oxygen atoms in total. The van der Waals surface area contributed by atoms with E-state index in [1.807, 2.05) is 50.2 Å². The molecule has 188 valence electrons. The molecule has 0 aliphatic carbocycles. The van der Waals surface area contributed by atoms with Crippen molar-refractivity contribution in [2.75, 3.05) is 30.5 Å². The topological polar surface area (TPSA) is 110 Å². The third-order valence-electron chi connectivity index (χ3n) is 6.68. The third kappa shape index (κ3) is 4.73. The number of benzene rings is 1. The van der Waals surface area contributed by atoms with Gasteiger partial charge in [-0.25, -0.2) is 9.88 Å². The summed E-state index contributed by atoms with van der Waals surface area (Å²) in [4.78, 5) is 33.6. The summed E-state index contributed by atoms with van der Waals surface area (Å²) in [5.74, 6) is 1.51. The fraction of sp³-hybridized carbons (Fsp3) is 0.385. The molecule has 3 aromatic heterocycles. The van der Waals surface area contributed by atoms with Gasteiger partial charge in [-0.2, -0.15) is 5.10 Å². The number of carbonyl (C=O) groups is 1. The maximum Gasteiger partial charge on any atom is 0.258 e. The van der Waals surface area contributed by atoms with E-state index < -0.39 is 7.49 Å². The van der Waals surface area contributed by atoms with Crippen LogP contribution in [0.2, 0.25) is 0 Å². The van der Waals surface area contributed by atoms with Gasteiger partial charge in [0.15, 0.2) is 7.49 Å². The maximum atomic E-state index is 13.5. The average Bonchev–Trinajstić information content (AvgIpc) is 3.34. The molecular weight excluding hydrogens is 473 g/mol. The fourth-order valence-corrected chi connectivity index (χ4v) is 5.62. The number of hydrogen-bond donors (Lipinski definition) is 3. The summed E-state index contributed by atoms with van der Waals surface area (Å²) in [5, 5.41) is 11.9. The summed E-state index contributed by atoms with van der Waals surface area (Å²) < 4.78 is 3.89. The molecule has 0 saturated heterocycles. The Morgan fingerprint density at radius 3 is 2.75 bits per heavy atom. The Hall–Kier alpha value is -3.29. The van der Waals surface area contributed by atoms with Crippen molar-refractivity contribution in [3.05, 3.63) is 47.8 Å². The van der Waals surface area contributed by atoms with Gasteiger partial charge in [-0.15, -0.1) is 0 Å². The van der Waals surface area contributed by atoms with E-state index in [1.54, 1.807) is 18.3 Å². The van der Waals surface area contributed by atoms with Crippen molar-refractivity contribution in [2.45, 2.75) is 33.2 Å². The van der Waals surface area contributed by atoms with Crippen LogP contribution in [0.5, 0.6) is 0 Å². The summed E-state index contributed by atoms with van der Waals surface area (Å²) in [6.45, 7) is 9.37. The first kappa shape index (κ1) is 24.4. The van der Waals surface area contributed by atoms with Gasteiger partial charge in [-0.3, -0.25) is 19.8 Å². The van der Waals surface area contributed by atoms with Crippen LogP contribution in [0.1, 0.15) is 35.8 Å². The van der Waals surface area contributed by atoms with Crippen LogP contribution in [0.3, 0.4) is 0 Å². The Balaban J connectivity index is 1.62. The molecule has 1 amide bonds. The van der Waals surface area contributed by atoms with Crippen LogP contribution in [-0.2, 0) is 13.6 Å². The first-order valence-electron chi connectivity index (χ1n) is 12.2. The Labute approximate surface area is 211 Å². The maximum absolute atomic E-state index is 13.5. The first-order valence-corrected chi connectivity index (χ1v) is 14.9. The van der Waals surface area contributed by atoms with Crippen LogP contribution in [-0.4, -0.2) is 55.0 Å². The van der Waals surface area contributed by atoms with Gasteiger partial charge in [0.25, 0.3) is 5.91 Å². The molecule has 0 fully saturated rings. The van der Waals surface area contributed by atoms with Gasteiger partial charge in [0, 0.05) is 37.5 Å². The lowest BCUT2D eigenvalue weighted by molar-refractivity contribution is 0.102. The molecule has 1 unspecified atom stereocenters. The van der Waals surface area contributed by atoms with E-state index in [4.69, 9.17) is 9.97 Å². The highest BCUT2D eigenvalue weighted by Gasteiger charge is 2.27. The second kappa shape index (κ2) is 9.30. The number of fused-ring (bicyclic) bond motifs is 7. The van der Waals surface area contributed by atoms with Crippen LogP contribution < -0.4 is 15.9 Å². The standard InChI is InChI=1S/C26H32N7O2P/c1-16-7-6-10-27-24-20(14-28-32(24)3)22-12-18(11-17(2)29-22)25(34)31-26-30-21-9-8-19(36(4,5)35)13-23(21)33(26)15-16/h8-9,11-14,16,35H,6-7,10,15H2,1-5H3,(H-,27,28,29,30,31,34)/p+1. The number of amides is 1. The molecule has 1 aromatic carbocycles. The van der Waals surface area contributed by atoms with Crippen molar-refractivity contribution in [1.82, 2.24) is 24.3 Å². The molecule has 4 heterocycles. The number of nitrogens with one attached hydrogen (secondary N) is 2. The zero-order chi connectivity index (χ0) is 25.6. The molecule has 2 bridgehead atoms. The number of nitrogens with zero attached hydrogens (tertiary/aromatic N) is 5. The van der Waals surface area contributed by atoms with Gasteiger partial charge in [-0.1, -0.05) is 6.92 Å². The smallest absolute Gasteiger partial charge is 0.258 e. The molecule has 1 aliphatic heterocycles. The minimum atomic E-state index is -2.20. The van der Waals surface area contributed by atoms with Gasteiger partial charge in [0.05, 0.1) is 41.8 Å². The fourth-order valence-electron chi connectivity index (χ4n) is 4.74. The summed E-state index contributed by atoms with van der Waals surface area (Å²) >= 11 is 0. The molecule has 1 atom stereocenters. The lowest BCUT2D eigenvalue weighted by atomic mass is 10.1. The molecule has 3 N–H and O–H groups in total. The van der Waals surface area contributed by atoms with Gasteiger partial charge >= 0.3 is 0 Å². The quantitative estimate of drug-likeness (QED) is 0.336.